The Morgan fingerprint density at radius 1 is 0.970 bits per heavy atom. The highest BCUT2D eigenvalue weighted by atomic mass is 16.2. The van der Waals surface area contributed by atoms with Gasteiger partial charge in [-0.2, -0.15) is 0 Å². The van der Waals surface area contributed by atoms with Crippen molar-refractivity contribution in [3.05, 3.63) is 83.7 Å². The molecule has 33 heavy (non-hydrogen) atoms. The van der Waals surface area contributed by atoms with Crippen molar-refractivity contribution in [2.24, 2.45) is 5.41 Å². The molecule has 1 aliphatic carbocycles. The molecule has 1 aliphatic heterocycles. The molecule has 1 saturated carbocycles. The van der Waals surface area contributed by atoms with Crippen LogP contribution in [-0.2, 0) is 9.59 Å². The van der Waals surface area contributed by atoms with E-state index >= 15 is 0 Å². The zero-order valence-corrected chi connectivity index (χ0v) is 19.8. The highest BCUT2D eigenvalue weighted by molar-refractivity contribution is 6.00. The van der Waals surface area contributed by atoms with Gasteiger partial charge in [0.1, 0.15) is 12.6 Å². The van der Waals surface area contributed by atoms with Gasteiger partial charge in [0, 0.05) is 17.7 Å². The third-order valence-corrected chi connectivity index (χ3v) is 6.54. The fourth-order valence-corrected chi connectivity index (χ4v) is 4.82. The number of para-hydroxylation sites is 2. The molecule has 2 aliphatic rings. The lowest BCUT2D eigenvalue weighted by Crippen LogP contribution is -2.49. The number of aryl methyl sites for hydroxylation is 1. The summed E-state index contributed by atoms with van der Waals surface area (Å²) < 4.78 is 2.17. The number of hydrogen-bond acceptors (Lipinski definition) is 2. The van der Waals surface area contributed by atoms with Crippen LogP contribution in [0, 0.1) is 12.3 Å². The summed E-state index contributed by atoms with van der Waals surface area (Å²) >= 11 is 0. The minimum Gasteiger partial charge on any atom is -0.330 e. The first-order valence-electron chi connectivity index (χ1n) is 11.7. The fourth-order valence-electron chi connectivity index (χ4n) is 4.82. The zero-order chi connectivity index (χ0) is 23.3. The Bertz CT molecular complexity index is 1220. The van der Waals surface area contributed by atoms with E-state index < -0.39 is 5.41 Å². The lowest BCUT2D eigenvalue weighted by Gasteiger charge is -2.40. The average molecular weight is 442 g/mol. The molecule has 2 aromatic carbocycles. The molecule has 5 heteroatoms. The van der Waals surface area contributed by atoms with Crippen molar-refractivity contribution in [3.63, 3.8) is 0 Å². The van der Waals surface area contributed by atoms with Crippen molar-refractivity contribution in [3.8, 4) is 5.69 Å². The van der Waals surface area contributed by atoms with E-state index in [1.54, 1.807) is 0 Å². The summed E-state index contributed by atoms with van der Waals surface area (Å²) in [5, 5.41) is 0. The fraction of sp³-hybridized carbons (Fsp3) is 0.357. The quantitative estimate of drug-likeness (QED) is 0.554. The summed E-state index contributed by atoms with van der Waals surface area (Å²) in [5.74, 6) is -0.00923. The first-order chi connectivity index (χ1) is 15.8. The molecule has 0 N–H and O–H groups in total. The maximum absolute atomic E-state index is 14.1. The number of carbonyl (C=O) groups excluding carboxylic acids is 2. The Balaban J connectivity index is 1.60. The Morgan fingerprint density at radius 3 is 2.36 bits per heavy atom. The monoisotopic (exact) mass is 441 g/mol. The predicted octanol–water partition coefficient (Wildman–Crippen LogP) is 5.26. The molecule has 0 radical (unpaired) electrons. The molecule has 2 amide bonds. The van der Waals surface area contributed by atoms with Crippen LogP contribution in [0.3, 0.4) is 0 Å². The largest absolute Gasteiger partial charge is 0.330 e. The van der Waals surface area contributed by atoms with Crippen molar-refractivity contribution >= 4 is 17.5 Å². The molecule has 0 bridgehead atoms. The van der Waals surface area contributed by atoms with Gasteiger partial charge in [0.15, 0.2) is 0 Å². The second-order valence-corrected chi connectivity index (χ2v) is 10.3. The van der Waals surface area contributed by atoms with Crippen LogP contribution < -0.4 is 4.90 Å². The van der Waals surface area contributed by atoms with Crippen LogP contribution in [0.5, 0.6) is 0 Å². The van der Waals surface area contributed by atoms with Crippen molar-refractivity contribution < 1.29 is 9.59 Å². The standard InChI is InChI=1S/C28H31N3O2/c1-19-9-7-10-20(17-19)26-24-13-8-16-29(24)22-11-5-6-12-23(22)31(26)25(32)18-30(21-14-15-21)27(33)28(2,3)4/h5-13,16-17,21,26H,14-15,18H2,1-4H3. The summed E-state index contributed by atoms with van der Waals surface area (Å²) in [7, 11) is 0. The van der Waals surface area contributed by atoms with Gasteiger partial charge in [-0.25, -0.2) is 0 Å². The first-order valence-corrected chi connectivity index (χ1v) is 11.7. The van der Waals surface area contributed by atoms with Crippen molar-refractivity contribution in [1.29, 1.82) is 0 Å². The van der Waals surface area contributed by atoms with Crippen LogP contribution in [0.4, 0.5) is 5.69 Å². The number of amides is 2. The van der Waals surface area contributed by atoms with Crippen molar-refractivity contribution in [1.82, 2.24) is 9.47 Å². The highest BCUT2D eigenvalue weighted by Crippen LogP contribution is 2.43. The van der Waals surface area contributed by atoms with Gasteiger partial charge in [0.25, 0.3) is 0 Å². The maximum Gasteiger partial charge on any atom is 0.247 e. The molecule has 1 fully saturated rings. The summed E-state index contributed by atoms with van der Waals surface area (Å²) in [4.78, 5) is 31.0. The highest BCUT2D eigenvalue weighted by Gasteiger charge is 2.42. The first kappa shape index (κ1) is 21.5. The molecule has 5 nitrogen and oxygen atoms in total. The summed E-state index contributed by atoms with van der Waals surface area (Å²) in [6.45, 7) is 7.94. The van der Waals surface area contributed by atoms with E-state index in [9.17, 15) is 9.59 Å². The molecule has 0 spiro atoms. The van der Waals surface area contributed by atoms with Gasteiger partial charge in [0.2, 0.25) is 11.8 Å². The molecule has 2 heterocycles. The molecule has 1 unspecified atom stereocenters. The number of carbonyl (C=O) groups is 2. The Morgan fingerprint density at radius 2 is 1.70 bits per heavy atom. The molecule has 3 aromatic rings. The second kappa shape index (κ2) is 7.91. The number of hydrogen-bond donors (Lipinski definition) is 0. The van der Waals surface area contributed by atoms with Gasteiger partial charge < -0.3 is 9.47 Å². The van der Waals surface area contributed by atoms with E-state index in [2.05, 4.69) is 42.0 Å². The number of anilines is 1. The number of fused-ring (bicyclic) bond motifs is 3. The topological polar surface area (TPSA) is 45.6 Å². The third-order valence-electron chi connectivity index (χ3n) is 6.54. The van der Waals surface area contributed by atoms with Gasteiger partial charge in [-0.3, -0.25) is 14.5 Å². The van der Waals surface area contributed by atoms with Crippen LogP contribution >= 0.6 is 0 Å². The van der Waals surface area contributed by atoms with E-state index in [4.69, 9.17) is 0 Å². The van der Waals surface area contributed by atoms with Gasteiger partial charge >= 0.3 is 0 Å². The van der Waals surface area contributed by atoms with Crippen LogP contribution in [-0.4, -0.2) is 33.9 Å². The number of benzene rings is 2. The third kappa shape index (κ3) is 3.86. The summed E-state index contributed by atoms with van der Waals surface area (Å²) in [6.07, 6.45) is 3.99. The number of nitrogens with zero attached hydrogens (tertiary/aromatic N) is 3. The Hall–Kier alpha value is -3.34. The van der Waals surface area contributed by atoms with Crippen LogP contribution in [0.1, 0.15) is 56.5 Å². The molecule has 0 saturated heterocycles. The molecule has 5 rings (SSSR count). The Labute approximate surface area is 195 Å². The zero-order valence-electron chi connectivity index (χ0n) is 19.8. The van der Waals surface area contributed by atoms with Crippen LogP contribution in [0.15, 0.2) is 66.9 Å². The van der Waals surface area contributed by atoms with E-state index in [-0.39, 0.29) is 30.4 Å². The van der Waals surface area contributed by atoms with Gasteiger partial charge in [-0.05, 0) is 49.6 Å². The lowest BCUT2D eigenvalue weighted by atomic mass is 9.94. The predicted molar refractivity (Wildman–Crippen MR) is 130 cm³/mol. The molecule has 1 aromatic heterocycles. The smallest absolute Gasteiger partial charge is 0.247 e. The van der Waals surface area contributed by atoms with E-state index in [0.717, 1.165) is 41.0 Å². The van der Waals surface area contributed by atoms with Gasteiger partial charge in [-0.1, -0.05) is 62.7 Å². The van der Waals surface area contributed by atoms with Gasteiger partial charge in [0.05, 0.1) is 17.1 Å². The normalized spacial score (nSPS) is 17.3. The second-order valence-electron chi connectivity index (χ2n) is 10.3. The summed E-state index contributed by atoms with van der Waals surface area (Å²) in [5.41, 5.74) is 4.60. The van der Waals surface area contributed by atoms with Crippen LogP contribution in [0.2, 0.25) is 0 Å². The van der Waals surface area contributed by atoms with Crippen molar-refractivity contribution in [2.45, 2.75) is 52.6 Å². The SMILES string of the molecule is Cc1cccc(C2c3cccn3-c3ccccc3N2C(=O)CN(C(=O)C(C)(C)C)C2CC2)c1. The average Bonchev–Trinajstić information content (AvgIpc) is 3.50. The van der Waals surface area contributed by atoms with Gasteiger partial charge in [-0.15, -0.1) is 0 Å². The van der Waals surface area contributed by atoms with Crippen molar-refractivity contribution in [2.75, 3.05) is 11.4 Å². The van der Waals surface area contributed by atoms with Crippen LogP contribution in [0.25, 0.3) is 5.69 Å². The number of aromatic nitrogens is 1. The maximum atomic E-state index is 14.1. The molecule has 170 valence electrons. The van der Waals surface area contributed by atoms with E-state index in [1.165, 1.54) is 0 Å². The molecular weight excluding hydrogens is 410 g/mol. The Kier molecular flexibility index (Phi) is 5.15. The van der Waals surface area contributed by atoms with E-state index in [1.807, 2.05) is 67.0 Å². The lowest BCUT2D eigenvalue weighted by molar-refractivity contribution is -0.142. The molecular formula is C28H31N3O2. The summed E-state index contributed by atoms with van der Waals surface area (Å²) in [6, 6.07) is 20.4. The minimum atomic E-state index is -0.521. The molecule has 1 atom stereocenters. The van der Waals surface area contributed by atoms with E-state index in [0.29, 0.717) is 0 Å². The minimum absolute atomic E-state index is 0.0409. The number of rotatable bonds is 4.